The largest absolute Gasteiger partial charge is 0.294 e. The highest BCUT2D eigenvalue weighted by molar-refractivity contribution is 14.1. The van der Waals surface area contributed by atoms with E-state index in [1.54, 1.807) is 6.07 Å². The Kier molecular flexibility index (Phi) is 3.28. The highest BCUT2D eigenvalue weighted by atomic mass is 127. The Hall–Kier alpha value is -0.600. The van der Waals surface area contributed by atoms with E-state index in [9.17, 15) is 4.79 Å². The van der Waals surface area contributed by atoms with Crippen LogP contribution >= 0.6 is 34.2 Å². The van der Waals surface area contributed by atoms with Crippen molar-refractivity contribution in [3.8, 4) is 6.07 Å². The summed E-state index contributed by atoms with van der Waals surface area (Å²) in [6, 6.07) is 5.10. The lowest BCUT2D eigenvalue weighted by Crippen LogP contribution is -1.97. The van der Waals surface area contributed by atoms with Gasteiger partial charge in [0, 0.05) is 9.13 Å². The topological polar surface area (TPSA) is 40.9 Å². The lowest BCUT2D eigenvalue weighted by molar-refractivity contribution is 0.101. The summed E-state index contributed by atoms with van der Waals surface area (Å²) in [5.41, 5.74) is 0.759. The van der Waals surface area contributed by atoms with Crippen LogP contribution in [0.15, 0.2) is 12.1 Å². The molecule has 0 heterocycles. The average Bonchev–Trinajstić information content (AvgIpc) is 2.08. The highest BCUT2D eigenvalue weighted by Gasteiger charge is 2.09. The number of nitrogens with zero attached hydrogens (tertiary/aromatic N) is 1. The van der Waals surface area contributed by atoms with Gasteiger partial charge in [-0.2, -0.15) is 5.26 Å². The lowest BCUT2D eigenvalue weighted by atomic mass is 10.1. The van der Waals surface area contributed by atoms with Gasteiger partial charge in [0.1, 0.15) is 0 Å². The molecule has 0 aliphatic heterocycles. The fourth-order valence-electron chi connectivity index (χ4n) is 0.931. The zero-order valence-electron chi connectivity index (χ0n) is 6.77. The monoisotopic (exact) mass is 305 g/mol. The minimum absolute atomic E-state index is 0.144. The number of ketones is 1. The van der Waals surface area contributed by atoms with Crippen LogP contribution in [0.1, 0.15) is 22.8 Å². The number of nitriles is 1. The van der Waals surface area contributed by atoms with Crippen LogP contribution < -0.4 is 0 Å². The fraction of sp³-hybridized carbons (Fsp3) is 0.111. The van der Waals surface area contributed by atoms with Crippen LogP contribution in [0.2, 0.25) is 5.02 Å². The SMILES string of the molecule is CC(=O)c1cc(Cl)c(I)cc1C#N. The van der Waals surface area contributed by atoms with E-state index >= 15 is 0 Å². The standard InChI is InChI=1S/C9H5ClINO/c1-5(13)7-3-8(10)9(11)2-6(7)4-12/h2-3H,1H3. The molecule has 1 rings (SSSR count). The second-order valence-electron chi connectivity index (χ2n) is 2.48. The summed E-state index contributed by atoms with van der Waals surface area (Å²) in [5, 5.41) is 9.24. The second kappa shape index (κ2) is 4.07. The van der Waals surface area contributed by atoms with Crippen LogP contribution in [0.25, 0.3) is 0 Å². The minimum Gasteiger partial charge on any atom is -0.294 e. The van der Waals surface area contributed by atoms with E-state index in [0.717, 1.165) is 3.57 Å². The minimum atomic E-state index is -0.144. The number of benzene rings is 1. The molecule has 0 amide bonds. The quantitative estimate of drug-likeness (QED) is 0.591. The number of carbonyl (C=O) groups excluding carboxylic acids is 1. The van der Waals surface area contributed by atoms with Gasteiger partial charge in [-0.3, -0.25) is 4.79 Å². The number of halogens is 2. The summed E-state index contributed by atoms with van der Waals surface area (Å²) in [6.07, 6.45) is 0. The first-order valence-corrected chi connectivity index (χ1v) is 4.92. The first-order chi connectivity index (χ1) is 6.06. The third-order valence-corrected chi connectivity index (χ3v) is 3.08. The predicted octanol–water partition coefficient (Wildman–Crippen LogP) is 3.02. The Balaban J connectivity index is 3.44. The molecule has 66 valence electrons. The van der Waals surface area contributed by atoms with Gasteiger partial charge >= 0.3 is 0 Å². The van der Waals surface area contributed by atoms with Gasteiger partial charge in [-0.15, -0.1) is 0 Å². The van der Waals surface area contributed by atoms with Crippen molar-refractivity contribution in [3.05, 3.63) is 31.9 Å². The molecule has 0 aliphatic carbocycles. The van der Waals surface area contributed by atoms with E-state index in [2.05, 4.69) is 0 Å². The Bertz CT molecular complexity index is 409. The Morgan fingerprint density at radius 1 is 1.62 bits per heavy atom. The summed E-state index contributed by atoms with van der Waals surface area (Å²) in [7, 11) is 0. The third-order valence-electron chi connectivity index (χ3n) is 1.56. The van der Waals surface area contributed by atoms with Crippen LogP contribution in [0.3, 0.4) is 0 Å². The van der Waals surface area contributed by atoms with E-state index < -0.39 is 0 Å². The maximum Gasteiger partial charge on any atom is 0.161 e. The molecule has 1 aromatic rings. The molecular weight excluding hydrogens is 300 g/mol. The molecule has 0 unspecified atom stereocenters. The molecular formula is C9H5ClINO. The third kappa shape index (κ3) is 2.20. The van der Waals surface area contributed by atoms with Gasteiger partial charge < -0.3 is 0 Å². The number of Topliss-reactive ketones (excluding diaryl/α,β-unsaturated/α-hetero) is 1. The zero-order chi connectivity index (χ0) is 10.0. The fourth-order valence-corrected chi connectivity index (χ4v) is 1.56. The van der Waals surface area contributed by atoms with Crippen molar-refractivity contribution in [1.82, 2.24) is 0 Å². The van der Waals surface area contributed by atoms with Crippen molar-refractivity contribution in [2.45, 2.75) is 6.92 Å². The number of rotatable bonds is 1. The van der Waals surface area contributed by atoms with E-state index in [4.69, 9.17) is 16.9 Å². The predicted molar refractivity (Wildman–Crippen MR) is 58.9 cm³/mol. The molecule has 0 aromatic heterocycles. The molecule has 13 heavy (non-hydrogen) atoms. The van der Waals surface area contributed by atoms with Crippen molar-refractivity contribution in [2.24, 2.45) is 0 Å². The maximum absolute atomic E-state index is 11.1. The van der Waals surface area contributed by atoms with Crippen LogP contribution in [0.5, 0.6) is 0 Å². The van der Waals surface area contributed by atoms with Crippen LogP contribution in [0, 0.1) is 14.9 Å². The number of carbonyl (C=O) groups is 1. The molecule has 0 radical (unpaired) electrons. The van der Waals surface area contributed by atoms with Gasteiger partial charge in [0.05, 0.1) is 16.7 Å². The van der Waals surface area contributed by atoms with E-state index in [-0.39, 0.29) is 5.78 Å². The van der Waals surface area contributed by atoms with Gasteiger partial charge in [-0.05, 0) is 41.6 Å². The van der Waals surface area contributed by atoms with Crippen molar-refractivity contribution >= 4 is 40.0 Å². The Labute approximate surface area is 94.6 Å². The molecule has 0 N–H and O–H groups in total. The van der Waals surface area contributed by atoms with Crippen molar-refractivity contribution in [2.75, 3.05) is 0 Å². The van der Waals surface area contributed by atoms with Gasteiger partial charge in [-0.1, -0.05) is 11.6 Å². The van der Waals surface area contributed by atoms with Gasteiger partial charge in [0.25, 0.3) is 0 Å². The summed E-state index contributed by atoms with van der Waals surface area (Å²) < 4.78 is 0.779. The van der Waals surface area contributed by atoms with Gasteiger partial charge in [0.2, 0.25) is 0 Å². The molecule has 0 atom stereocenters. The number of hydrogen-bond acceptors (Lipinski definition) is 2. The first-order valence-electron chi connectivity index (χ1n) is 3.46. The maximum atomic E-state index is 11.1. The smallest absolute Gasteiger partial charge is 0.161 e. The van der Waals surface area contributed by atoms with Crippen molar-refractivity contribution in [3.63, 3.8) is 0 Å². The summed E-state index contributed by atoms with van der Waals surface area (Å²) in [5.74, 6) is -0.144. The highest BCUT2D eigenvalue weighted by Crippen LogP contribution is 2.23. The molecule has 0 spiro atoms. The summed E-state index contributed by atoms with van der Waals surface area (Å²) in [6.45, 7) is 1.42. The number of hydrogen-bond donors (Lipinski definition) is 0. The zero-order valence-corrected chi connectivity index (χ0v) is 9.68. The normalized spacial score (nSPS) is 9.38. The molecule has 0 fully saturated rings. The molecule has 0 saturated heterocycles. The second-order valence-corrected chi connectivity index (χ2v) is 4.05. The van der Waals surface area contributed by atoms with E-state index in [1.807, 2.05) is 28.7 Å². The lowest BCUT2D eigenvalue weighted by Gasteiger charge is -2.01. The van der Waals surface area contributed by atoms with Crippen LogP contribution in [0.4, 0.5) is 0 Å². The van der Waals surface area contributed by atoms with Crippen molar-refractivity contribution < 1.29 is 4.79 Å². The first kappa shape index (κ1) is 10.5. The Morgan fingerprint density at radius 2 is 2.23 bits per heavy atom. The summed E-state index contributed by atoms with van der Waals surface area (Å²) in [4.78, 5) is 11.1. The summed E-state index contributed by atoms with van der Waals surface area (Å²) >= 11 is 7.84. The molecule has 0 bridgehead atoms. The molecule has 0 aliphatic rings. The average molecular weight is 306 g/mol. The van der Waals surface area contributed by atoms with Gasteiger partial charge in [0.15, 0.2) is 5.78 Å². The van der Waals surface area contributed by atoms with Gasteiger partial charge in [-0.25, -0.2) is 0 Å². The Morgan fingerprint density at radius 3 is 2.69 bits per heavy atom. The molecule has 0 saturated carbocycles. The van der Waals surface area contributed by atoms with E-state index in [0.29, 0.717) is 16.1 Å². The van der Waals surface area contributed by atoms with E-state index in [1.165, 1.54) is 13.0 Å². The molecule has 4 heteroatoms. The van der Waals surface area contributed by atoms with Crippen molar-refractivity contribution in [1.29, 1.82) is 5.26 Å². The molecule has 2 nitrogen and oxygen atoms in total. The molecule has 1 aromatic carbocycles. The van der Waals surface area contributed by atoms with Crippen LogP contribution in [-0.4, -0.2) is 5.78 Å². The van der Waals surface area contributed by atoms with Crippen LogP contribution in [-0.2, 0) is 0 Å².